The van der Waals surface area contributed by atoms with Crippen molar-refractivity contribution in [3.63, 3.8) is 0 Å². The third kappa shape index (κ3) is 4.61. The highest BCUT2D eigenvalue weighted by Crippen LogP contribution is 1.99. The largest absolute Gasteiger partial charge is 0.359 e. The molecule has 15 heavy (non-hydrogen) atoms. The number of hydrogen-bond acceptors (Lipinski definition) is 2. The summed E-state index contributed by atoms with van der Waals surface area (Å²) in [6.45, 7) is 4.33. The Balaban J connectivity index is 2.36. The van der Waals surface area contributed by atoms with Gasteiger partial charge in [-0.1, -0.05) is 30.3 Å². The molecule has 82 valence electrons. The molecule has 1 unspecified atom stereocenters. The Labute approximate surface area is 90.4 Å². The summed E-state index contributed by atoms with van der Waals surface area (Å²) in [6, 6.07) is 9.66. The van der Waals surface area contributed by atoms with Crippen LogP contribution >= 0.6 is 0 Å². The molecule has 0 aliphatic rings. The van der Waals surface area contributed by atoms with Gasteiger partial charge in [-0.15, -0.1) is 0 Å². The SMILES string of the molecule is CCOC(C)NC(=O)Cc1ccccc1. The fourth-order valence-electron chi connectivity index (χ4n) is 1.35. The van der Waals surface area contributed by atoms with E-state index >= 15 is 0 Å². The molecule has 0 fully saturated rings. The maximum Gasteiger partial charge on any atom is 0.226 e. The first-order chi connectivity index (χ1) is 7.22. The molecule has 1 N–H and O–H groups in total. The molecule has 0 aliphatic carbocycles. The molecule has 0 radical (unpaired) electrons. The molecule has 0 bridgehead atoms. The Morgan fingerprint density at radius 3 is 2.67 bits per heavy atom. The van der Waals surface area contributed by atoms with Crippen molar-refractivity contribution in [3.05, 3.63) is 35.9 Å². The van der Waals surface area contributed by atoms with Crippen molar-refractivity contribution in [2.24, 2.45) is 0 Å². The number of ether oxygens (including phenoxy) is 1. The zero-order valence-electron chi connectivity index (χ0n) is 9.19. The van der Waals surface area contributed by atoms with Crippen LogP contribution in [0, 0.1) is 0 Å². The summed E-state index contributed by atoms with van der Waals surface area (Å²) in [5.41, 5.74) is 1.01. The van der Waals surface area contributed by atoms with Gasteiger partial charge in [-0.05, 0) is 19.4 Å². The average Bonchev–Trinajstić information content (AvgIpc) is 2.19. The number of benzene rings is 1. The molecule has 0 aromatic heterocycles. The topological polar surface area (TPSA) is 38.3 Å². The highest BCUT2D eigenvalue weighted by Gasteiger charge is 2.06. The van der Waals surface area contributed by atoms with Gasteiger partial charge in [0.15, 0.2) is 0 Å². The summed E-state index contributed by atoms with van der Waals surface area (Å²) in [6.07, 6.45) is 0.185. The van der Waals surface area contributed by atoms with Crippen LogP contribution in [-0.2, 0) is 16.0 Å². The molecule has 3 heteroatoms. The van der Waals surface area contributed by atoms with Crippen LogP contribution in [0.25, 0.3) is 0 Å². The van der Waals surface area contributed by atoms with Crippen molar-refractivity contribution in [1.82, 2.24) is 5.32 Å². The van der Waals surface area contributed by atoms with Crippen LogP contribution in [0.3, 0.4) is 0 Å². The number of amides is 1. The van der Waals surface area contributed by atoms with Gasteiger partial charge in [0.25, 0.3) is 0 Å². The molecule has 1 atom stereocenters. The smallest absolute Gasteiger partial charge is 0.226 e. The van der Waals surface area contributed by atoms with E-state index in [1.165, 1.54) is 0 Å². The van der Waals surface area contributed by atoms with E-state index in [0.717, 1.165) is 5.56 Å². The Morgan fingerprint density at radius 2 is 2.07 bits per heavy atom. The second-order valence-electron chi connectivity index (χ2n) is 3.33. The van der Waals surface area contributed by atoms with Crippen molar-refractivity contribution in [2.75, 3.05) is 6.61 Å². The van der Waals surface area contributed by atoms with Crippen LogP contribution in [0.15, 0.2) is 30.3 Å². The molecule has 0 heterocycles. The summed E-state index contributed by atoms with van der Waals surface area (Å²) in [5, 5.41) is 2.77. The van der Waals surface area contributed by atoms with Gasteiger partial charge in [-0.3, -0.25) is 4.79 Å². The number of rotatable bonds is 5. The maximum absolute atomic E-state index is 11.5. The lowest BCUT2D eigenvalue weighted by molar-refractivity contribution is -0.124. The number of hydrogen-bond donors (Lipinski definition) is 1. The molecule has 1 rings (SSSR count). The predicted octanol–water partition coefficient (Wildman–Crippen LogP) is 1.73. The fraction of sp³-hybridized carbons (Fsp3) is 0.417. The second-order valence-corrected chi connectivity index (χ2v) is 3.33. The van der Waals surface area contributed by atoms with Crippen LogP contribution in [0.1, 0.15) is 19.4 Å². The van der Waals surface area contributed by atoms with Gasteiger partial charge in [0.2, 0.25) is 5.91 Å². The lowest BCUT2D eigenvalue weighted by Gasteiger charge is -2.13. The molecular weight excluding hydrogens is 190 g/mol. The monoisotopic (exact) mass is 207 g/mol. The lowest BCUT2D eigenvalue weighted by Crippen LogP contribution is -2.35. The van der Waals surface area contributed by atoms with Gasteiger partial charge >= 0.3 is 0 Å². The molecule has 0 saturated heterocycles. The van der Waals surface area contributed by atoms with Crippen molar-refractivity contribution < 1.29 is 9.53 Å². The Bertz CT molecular complexity index is 298. The highest BCUT2D eigenvalue weighted by molar-refractivity contribution is 5.78. The molecule has 0 saturated carbocycles. The van der Waals surface area contributed by atoms with E-state index in [1.54, 1.807) is 0 Å². The first-order valence-corrected chi connectivity index (χ1v) is 5.17. The molecule has 1 amide bonds. The first kappa shape index (κ1) is 11.7. The van der Waals surface area contributed by atoms with E-state index in [0.29, 0.717) is 13.0 Å². The van der Waals surface area contributed by atoms with E-state index in [9.17, 15) is 4.79 Å². The van der Waals surface area contributed by atoms with Gasteiger partial charge in [-0.25, -0.2) is 0 Å². The molecule has 0 aliphatic heterocycles. The second kappa shape index (κ2) is 6.19. The minimum Gasteiger partial charge on any atom is -0.359 e. The Hall–Kier alpha value is -1.35. The first-order valence-electron chi connectivity index (χ1n) is 5.17. The normalized spacial score (nSPS) is 12.1. The Morgan fingerprint density at radius 1 is 1.40 bits per heavy atom. The minimum atomic E-state index is -0.216. The fourth-order valence-corrected chi connectivity index (χ4v) is 1.35. The van der Waals surface area contributed by atoms with Crippen LogP contribution < -0.4 is 5.32 Å². The summed E-state index contributed by atoms with van der Waals surface area (Å²) < 4.78 is 5.22. The van der Waals surface area contributed by atoms with E-state index < -0.39 is 0 Å². The summed E-state index contributed by atoms with van der Waals surface area (Å²) >= 11 is 0. The van der Waals surface area contributed by atoms with E-state index in [4.69, 9.17) is 4.74 Å². The molecule has 1 aromatic carbocycles. The molecule has 3 nitrogen and oxygen atoms in total. The van der Waals surface area contributed by atoms with Gasteiger partial charge in [0.05, 0.1) is 6.42 Å². The predicted molar refractivity (Wildman–Crippen MR) is 59.4 cm³/mol. The summed E-state index contributed by atoms with van der Waals surface area (Å²) in [5.74, 6) is -0.0119. The van der Waals surface area contributed by atoms with Crippen molar-refractivity contribution in [1.29, 1.82) is 0 Å². The quantitative estimate of drug-likeness (QED) is 0.747. The number of nitrogens with one attached hydrogen (secondary N) is 1. The number of carbonyl (C=O) groups excluding carboxylic acids is 1. The zero-order chi connectivity index (χ0) is 11.1. The van der Waals surface area contributed by atoms with Crippen molar-refractivity contribution in [2.45, 2.75) is 26.5 Å². The summed E-state index contributed by atoms with van der Waals surface area (Å²) in [7, 11) is 0. The third-order valence-electron chi connectivity index (χ3n) is 1.99. The minimum absolute atomic E-state index is 0.0119. The van der Waals surface area contributed by atoms with Crippen LogP contribution in [-0.4, -0.2) is 18.7 Å². The summed E-state index contributed by atoms with van der Waals surface area (Å²) in [4.78, 5) is 11.5. The average molecular weight is 207 g/mol. The molecule has 0 spiro atoms. The molecule has 1 aromatic rings. The van der Waals surface area contributed by atoms with Crippen LogP contribution in [0.2, 0.25) is 0 Å². The lowest BCUT2D eigenvalue weighted by atomic mass is 10.1. The van der Waals surface area contributed by atoms with Gasteiger partial charge < -0.3 is 10.1 Å². The van der Waals surface area contributed by atoms with Gasteiger partial charge in [-0.2, -0.15) is 0 Å². The zero-order valence-corrected chi connectivity index (χ0v) is 9.19. The van der Waals surface area contributed by atoms with Crippen LogP contribution in [0.4, 0.5) is 0 Å². The van der Waals surface area contributed by atoms with E-state index in [1.807, 2.05) is 44.2 Å². The van der Waals surface area contributed by atoms with Crippen LogP contribution in [0.5, 0.6) is 0 Å². The van der Waals surface area contributed by atoms with Gasteiger partial charge in [0, 0.05) is 6.61 Å². The number of carbonyl (C=O) groups is 1. The highest BCUT2D eigenvalue weighted by atomic mass is 16.5. The van der Waals surface area contributed by atoms with Crippen molar-refractivity contribution in [3.8, 4) is 0 Å². The third-order valence-corrected chi connectivity index (χ3v) is 1.99. The van der Waals surface area contributed by atoms with Gasteiger partial charge in [0.1, 0.15) is 6.23 Å². The standard InChI is InChI=1S/C12H17NO2/c1-3-15-10(2)13-12(14)9-11-7-5-4-6-8-11/h4-8,10H,3,9H2,1-2H3,(H,13,14). The Kier molecular flexibility index (Phi) is 4.84. The van der Waals surface area contributed by atoms with E-state index in [2.05, 4.69) is 5.32 Å². The maximum atomic E-state index is 11.5. The van der Waals surface area contributed by atoms with Crippen molar-refractivity contribution >= 4 is 5.91 Å². The van der Waals surface area contributed by atoms with E-state index in [-0.39, 0.29) is 12.1 Å². The molecular formula is C12H17NO2.